The highest BCUT2D eigenvalue weighted by atomic mass is 16.5. The number of carbonyl (C=O) groups excluding carboxylic acids is 1. The van der Waals surface area contributed by atoms with Crippen LogP contribution in [0.4, 0.5) is 5.69 Å². The molecular formula is C23H33N3O2+2. The first-order valence-electron chi connectivity index (χ1n) is 10.3. The summed E-state index contributed by atoms with van der Waals surface area (Å²) in [5, 5.41) is 3.09. The van der Waals surface area contributed by atoms with Crippen molar-refractivity contribution in [3.63, 3.8) is 0 Å². The zero-order valence-corrected chi connectivity index (χ0v) is 17.3. The standard InChI is InChI=1S/C23H31N3O2/c1-4-28-22-11-6-5-9-20(22)16-25-12-14-26(15-13-25)17-23(27)24-21-10-7-8-18(2)19(21)3/h5-11H,4,12-17H2,1-3H3,(H,24,27)/p+2. The molecule has 0 aliphatic carbocycles. The summed E-state index contributed by atoms with van der Waals surface area (Å²) >= 11 is 0. The fourth-order valence-corrected chi connectivity index (χ4v) is 3.83. The SMILES string of the molecule is CCOc1ccccc1C[NH+]1CC[NH+](CC(=O)Nc2cccc(C)c2C)CC1. The summed E-state index contributed by atoms with van der Waals surface area (Å²) in [7, 11) is 0. The molecule has 0 atom stereocenters. The number of piperazine rings is 1. The number of anilines is 1. The molecule has 1 fully saturated rings. The molecule has 5 heteroatoms. The molecule has 3 rings (SSSR count). The molecule has 0 spiro atoms. The van der Waals surface area contributed by atoms with Crippen LogP contribution in [0.15, 0.2) is 42.5 Å². The summed E-state index contributed by atoms with van der Waals surface area (Å²) in [6.07, 6.45) is 0. The van der Waals surface area contributed by atoms with Crippen LogP contribution in [0.25, 0.3) is 0 Å². The molecule has 0 aromatic heterocycles. The first-order chi connectivity index (χ1) is 13.6. The fraction of sp³-hybridized carbons (Fsp3) is 0.435. The van der Waals surface area contributed by atoms with Crippen LogP contribution < -0.4 is 19.9 Å². The van der Waals surface area contributed by atoms with E-state index in [1.54, 1.807) is 4.90 Å². The van der Waals surface area contributed by atoms with Crippen LogP contribution in [0.1, 0.15) is 23.6 Å². The number of aryl methyl sites for hydroxylation is 1. The van der Waals surface area contributed by atoms with Gasteiger partial charge in [0.2, 0.25) is 0 Å². The van der Waals surface area contributed by atoms with Gasteiger partial charge in [0.15, 0.2) is 6.54 Å². The second kappa shape index (κ2) is 9.71. The zero-order valence-electron chi connectivity index (χ0n) is 17.3. The molecule has 28 heavy (non-hydrogen) atoms. The van der Waals surface area contributed by atoms with Crippen molar-refractivity contribution in [2.75, 3.05) is 44.6 Å². The minimum atomic E-state index is 0.105. The van der Waals surface area contributed by atoms with Crippen molar-refractivity contribution in [3.8, 4) is 5.75 Å². The van der Waals surface area contributed by atoms with Crippen LogP contribution in [-0.2, 0) is 11.3 Å². The predicted octanol–water partition coefficient (Wildman–Crippen LogP) is 0.624. The number of ether oxygens (including phenoxy) is 1. The first-order valence-corrected chi connectivity index (χ1v) is 10.3. The smallest absolute Gasteiger partial charge is 0.279 e. The summed E-state index contributed by atoms with van der Waals surface area (Å²) < 4.78 is 5.76. The Morgan fingerprint density at radius 3 is 2.46 bits per heavy atom. The van der Waals surface area contributed by atoms with Crippen molar-refractivity contribution in [2.45, 2.75) is 27.3 Å². The van der Waals surface area contributed by atoms with Crippen LogP contribution in [0, 0.1) is 13.8 Å². The van der Waals surface area contributed by atoms with Crippen LogP contribution in [0.2, 0.25) is 0 Å². The molecule has 0 saturated carbocycles. The molecule has 0 bridgehead atoms. The Hall–Kier alpha value is -2.37. The Bertz CT molecular complexity index is 798. The maximum atomic E-state index is 12.5. The molecule has 1 aliphatic rings. The Balaban J connectivity index is 1.48. The Labute approximate surface area is 168 Å². The number of benzene rings is 2. The molecule has 3 N–H and O–H groups in total. The highest BCUT2D eigenvalue weighted by Gasteiger charge is 2.25. The van der Waals surface area contributed by atoms with E-state index >= 15 is 0 Å². The third kappa shape index (κ3) is 5.33. The van der Waals surface area contributed by atoms with E-state index in [1.165, 1.54) is 16.0 Å². The van der Waals surface area contributed by atoms with Gasteiger partial charge in [-0.15, -0.1) is 0 Å². The molecule has 150 valence electrons. The maximum absolute atomic E-state index is 12.5. The van der Waals surface area contributed by atoms with E-state index in [4.69, 9.17) is 4.74 Å². The van der Waals surface area contributed by atoms with Gasteiger partial charge in [-0.25, -0.2) is 0 Å². The quantitative estimate of drug-likeness (QED) is 0.657. The molecule has 1 saturated heterocycles. The first kappa shape index (κ1) is 20.4. The lowest BCUT2D eigenvalue weighted by atomic mass is 10.1. The van der Waals surface area contributed by atoms with Gasteiger partial charge >= 0.3 is 0 Å². The van der Waals surface area contributed by atoms with E-state index in [1.807, 2.05) is 25.1 Å². The zero-order chi connectivity index (χ0) is 19.9. The van der Waals surface area contributed by atoms with Crippen LogP contribution in [0.5, 0.6) is 5.75 Å². The normalized spacial score (nSPS) is 19.2. The number of hydrogen-bond acceptors (Lipinski definition) is 2. The van der Waals surface area contributed by atoms with Crippen LogP contribution in [0.3, 0.4) is 0 Å². The Morgan fingerprint density at radius 1 is 1.00 bits per heavy atom. The van der Waals surface area contributed by atoms with Gasteiger partial charge in [-0.1, -0.05) is 24.3 Å². The molecular weight excluding hydrogens is 350 g/mol. The monoisotopic (exact) mass is 383 g/mol. The fourth-order valence-electron chi connectivity index (χ4n) is 3.83. The predicted molar refractivity (Wildman–Crippen MR) is 112 cm³/mol. The summed E-state index contributed by atoms with van der Waals surface area (Å²) in [6.45, 7) is 12.6. The number of para-hydroxylation sites is 1. The summed E-state index contributed by atoms with van der Waals surface area (Å²) in [5.41, 5.74) is 4.56. The maximum Gasteiger partial charge on any atom is 0.279 e. The van der Waals surface area contributed by atoms with Crippen molar-refractivity contribution in [1.82, 2.24) is 0 Å². The van der Waals surface area contributed by atoms with Gasteiger partial charge in [0.1, 0.15) is 38.5 Å². The van der Waals surface area contributed by atoms with Crippen molar-refractivity contribution in [2.24, 2.45) is 0 Å². The largest absolute Gasteiger partial charge is 0.493 e. The lowest BCUT2D eigenvalue weighted by Gasteiger charge is -2.29. The van der Waals surface area contributed by atoms with E-state index in [-0.39, 0.29) is 5.91 Å². The third-order valence-electron chi connectivity index (χ3n) is 5.67. The summed E-state index contributed by atoms with van der Waals surface area (Å²) in [5.74, 6) is 1.11. The molecule has 1 amide bonds. The molecule has 2 aromatic carbocycles. The van der Waals surface area contributed by atoms with Crippen LogP contribution >= 0.6 is 0 Å². The number of amides is 1. The average Bonchev–Trinajstić information content (AvgIpc) is 2.69. The van der Waals surface area contributed by atoms with Crippen LogP contribution in [-0.4, -0.2) is 45.2 Å². The number of carbonyl (C=O) groups is 1. The second-order valence-corrected chi connectivity index (χ2v) is 7.69. The highest BCUT2D eigenvalue weighted by molar-refractivity contribution is 5.92. The van der Waals surface area contributed by atoms with Crippen molar-refractivity contribution in [3.05, 3.63) is 59.2 Å². The lowest BCUT2D eigenvalue weighted by molar-refractivity contribution is -1.02. The van der Waals surface area contributed by atoms with E-state index in [2.05, 4.69) is 43.4 Å². The van der Waals surface area contributed by atoms with Crippen molar-refractivity contribution >= 4 is 11.6 Å². The van der Waals surface area contributed by atoms with Gasteiger partial charge in [0.25, 0.3) is 5.91 Å². The Kier molecular flexibility index (Phi) is 7.06. The molecule has 0 unspecified atom stereocenters. The van der Waals surface area contributed by atoms with E-state index < -0.39 is 0 Å². The number of hydrogen-bond donors (Lipinski definition) is 3. The molecule has 1 aliphatic heterocycles. The topological polar surface area (TPSA) is 47.2 Å². The Morgan fingerprint density at radius 2 is 1.71 bits per heavy atom. The molecule has 2 aromatic rings. The lowest BCUT2D eigenvalue weighted by Crippen LogP contribution is -3.28. The van der Waals surface area contributed by atoms with Gasteiger partial charge in [0, 0.05) is 11.3 Å². The van der Waals surface area contributed by atoms with Gasteiger partial charge in [0.05, 0.1) is 6.61 Å². The van der Waals surface area contributed by atoms with E-state index in [9.17, 15) is 4.79 Å². The highest BCUT2D eigenvalue weighted by Crippen LogP contribution is 2.18. The van der Waals surface area contributed by atoms with E-state index in [0.717, 1.165) is 49.7 Å². The minimum absolute atomic E-state index is 0.105. The van der Waals surface area contributed by atoms with E-state index in [0.29, 0.717) is 13.2 Å². The van der Waals surface area contributed by atoms with Gasteiger partial charge in [-0.2, -0.15) is 0 Å². The van der Waals surface area contributed by atoms with Gasteiger partial charge in [-0.05, 0) is 50.1 Å². The van der Waals surface area contributed by atoms with Crippen molar-refractivity contribution < 1.29 is 19.3 Å². The number of rotatable bonds is 7. The summed E-state index contributed by atoms with van der Waals surface area (Å²) in [4.78, 5) is 15.4. The average molecular weight is 384 g/mol. The molecule has 5 nitrogen and oxygen atoms in total. The van der Waals surface area contributed by atoms with Gasteiger partial charge in [-0.3, -0.25) is 4.79 Å². The third-order valence-corrected chi connectivity index (χ3v) is 5.67. The second-order valence-electron chi connectivity index (χ2n) is 7.69. The van der Waals surface area contributed by atoms with Crippen molar-refractivity contribution in [1.29, 1.82) is 0 Å². The minimum Gasteiger partial charge on any atom is -0.493 e. The summed E-state index contributed by atoms with van der Waals surface area (Å²) in [6, 6.07) is 14.4. The van der Waals surface area contributed by atoms with Gasteiger partial charge < -0.3 is 19.9 Å². The number of quaternary nitrogens is 2. The number of nitrogens with one attached hydrogen (secondary N) is 3. The molecule has 1 heterocycles. The molecule has 0 radical (unpaired) electrons.